The number of anilines is 1. The normalized spacial score (nSPS) is 11.3. The van der Waals surface area contributed by atoms with E-state index in [1.165, 1.54) is 31.3 Å². The molecule has 1 heterocycles. The lowest BCUT2D eigenvalue weighted by Crippen LogP contribution is -2.34. The van der Waals surface area contributed by atoms with Crippen molar-refractivity contribution in [2.24, 2.45) is 0 Å². The predicted molar refractivity (Wildman–Crippen MR) is 78.4 cm³/mol. The molecule has 0 aliphatic rings. The number of halogens is 4. The number of alkyl halides is 3. The number of rotatable bonds is 3. The summed E-state index contributed by atoms with van der Waals surface area (Å²) in [6.07, 6.45) is -4.45. The SMILES string of the molecule is CN(C(=O)Cn1nc(Cl)ccc1=O)c1ccc(C(F)(F)F)cc1. The van der Waals surface area contributed by atoms with Crippen molar-refractivity contribution in [2.75, 3.05) is 11.9 Å². The van der Waals surface area contributed by atoms with E-state index in [-0.39, 0.29) is 17.4 Å². The zero-order valence-corrected chi connectivity index (χ0v) is 12.6. The number of amides is 1. The second-order valence-corrected chi connectivity index (χ2v) is 5.04. The molecule has 122 valence electrons. The first-order chi connectivity index (χ1) is 10.7. The zero-order valence-electron chi connectivity index (χ0n) is 11.8. The van der Waals surface area contributed by atoms with Crippen LogP contribution in [0.4, 0.5) is 18.9 Å². The molecule has 0 fully saturated rings. The van der Waals surface area contributed by atoms with Crippen LogP contribution in [-0.2, 0) is 17.5 Å². The van der Waals surface area contributed by atoms with Crippen molar-refractivity contribution < 1.29 is 18.0 Å². The number of benzene rings is 1. The Labute approximate surface area is 133 Å². The van der Waals surface area contributed by atoms with Crippen molar-refractivity contribution in [3.05, 3.63) is 57.5 Å². The highest BCUT2D eigenvalue weighted by Gasteiger charge is 2.30. The van der Waals surface area contributed by atoms with Crippen LogP contribution in [0.5, 0.6) is 0 Å². The summed E-state index contributed by atoms with van der Waals surface area (Å²) in [6, 6.07) is 6.57. The third-order valence-corrected chi connectivity index (χ3v) is 3.28. The first-order valence-corrected chi connectivity index (χ1v) is 6.74. The standard InChI is InChI=1S/C14H11ClF3N3O2/c1-20(10-4-2-9(3-5-10)14(16,17)18)13(23)8-21-12(22)7-6-11(15)19-21/h2-7H,8H2,1H3. The molecule has 0 aliphatic carbocycles. The molecular weight excluding hydrogens is 335 g/mol. The third-order valence-electron chi connectivity index (χ3n) is 3.08. The van der Waals surface area contributed by atoms with Gasteiger partial charge in [-0.1, -0.05) is 11.6 Å². The molecule has 2 aromatic rings. The van der Waals surface area contributed by atoms with Gasteiger partial charge in [0.25, 0.3) is 5.56 Å². The fraction of sp³-hybridized carbons (Fsp3) is 0.214. The summed E-state index contributed by atoms with van der Waals surface area (Å²) in [6.45, 7) is -0.378. The van der Waals surface area contributed by atoms with Crippen LogP contribution in [-0.4, -0.2) is 22.7 Å². The minimum absolute atomic E-state index is 0.0505. The van der Waals surface area contributed by atoms with Gasteiger partial charge in [0, 0.05) is 18.8 Å². The lowest BCUT2D eigenvalue weighted by molar-refractivity contribution is -0.137. The largest absolute Gasteiger partial charge is 0.416 e. The number of aromatic nitrogens is 2. The second-order valence-electron chi connectivity index (χ2n) is 4.65. The summed E-state index contributed by atoms with van der Waals surface area (Å²) < 4.78 is 38.4. The molecule has 1 amide bonds. The number of hydrogen-bond donors (Lipinski definition) is 0. The van der Waals surface area contributed by atoms with Gasteiger partial charge in [-0.3, -0.25) is 9.59 Å². The van der Waals surface area contributed by atoms with Gasteiger partial charge in [0.2, 0.25) is 5.91 Å². The van der Waals surface area contributed by atoms with Gasteiger partial charge < -0.3 is 4.90 Å². The predicted octanol–water partition coefficient (Wildman–Crippen LogP) is 2.58. The Morgan fingerprint density at radius 3 is 2.39 bits per heavy atom. The lowest BCUT2D eigenvalue weighted by Gasteiger charge is -2.18. The van der Waals surface area contributed by atoms with E-state index in [1.54, 1.807) is 0 Å². The molecule has 1 aromatic heterocycles. The maximum absolute atomic E-state index is 12.5. The van der Waals surface area contributed by atoms with Gasteiger partial charge in [0.1, 0.15) is 11.7 Å². The summed E-state index contributed by atoms with van der Waals surface area (Å²) in [7, 11) is 1.39. The Morgan fingerprint density at radius 1 is 1.22 bits per heavy atom. The number of nitrogens with zero attached hydrogens (tertiary/aromatic N) is 3. The Hall–Kier alpha value is -2.35. The fourth-order valence-electron chi connectivity index (χ4n) is 1.79. The van der Waals surface area contributed by atoms with Crippen LogP contribution in [0, 0.1) is 0 Å². The summed E-state index contributed by atoms with van der Waals surface area (Å²) in [4.78, 5) is 24.8. The van der Waals surface area contributed by atoms with Gasteiger partial charge in [-0.25, -0.2) is 4.68 Å². The van der Waals surface area contributed by atoms with Crippen LogP contribution in [0.1, 0.15) is 5.56 Å². The van der Waals surface area contributed by atoms with Crippen molar-refractivity contribution >= 4 is 23.2 Å². The molecule has 2 rings (SSSR count). The third kappa shape index (κ3) is 4.10. The molecule has 1 aromatic carbocycles. The summed E-state index contributed by atoms with van der Waals surface area (Å²) >= 11 is 5.65. The molecule has 0 bridgehead atoms. The van der Waals surface area contributed by atoms with Gasteiger partial charge in [-0.05, 0) is 30.3 Å². The van der Waals surface area contributed by atoms with Crippen LogP contribution < -0.4 is 10.5 Å². The van der Waals surface area contributed by atoms with E-state index in [0.717, 1.165) is 21.7 Å². The molecule has 0 saturated heterocycles. The fourth-order valence-corrected chi connectivity index (χ4v) is 1.94. The van der Waals surface area contributed by atoms with Gasteiger partial charge in [0.05, 0.1) is 5.56 Å². The van der Waals surface area contributed by atoms with Crippen LogP contribution in [0.2, 0.25) is 5.15 Å². The quantitative estimate of drug-likeness (QED) is 0.859. The highest BCUT2D eigenvalue weighted by Crippen LogP contribution is 2.30. The zero-order chi connectivity index (χ0) is 17.2. The molecule has 23 heavy (non-hydrogen) atoms. The van der Waals surface area contributed by atoms with Crippen molar-refractivity contribution in [1.29, 1.82) is 0 Å². The first-order valence-electron chi connectivity index (χ1n) is 6.36. The molecular formula is C14H11ClF3N3O2. The van der Waals surface area contributed by atoms with Crippen molar-refractivity contribution in [3.63, 3.8) is 0 Å². The Kier molecular flexibility index (Phi) is 4.74. The summed E-state index contributed by atoms with van der Waals surface area (Å²) in [5, 5.41) is 3.76. The van der Waals surface area contributed by atoms with Crippen molar-refractivity contribution in [1.82, 2.24) is 9.78 Å². The summed E-state index contributed by atoms with van der Waals surface area (Å²) in [5.74, 6) is -0.526. The highest BCUT2D eigenvalue weighted by molar-refractivity contribution is 6.29. The molecule has 0 N–H and O–H groups in total. The molecule has 0 aliphatic heterocycles. The highest BCUT2D eigenvalue weighted by atomic mass is 35.5. The molecule has 5 nitrogen and oxygen atoms in total. The van der Waals surface area contributed by atoms with E-state index in [0.29, 0.717) is 0 Å². The van der Waals surface area contributed by atoms with E-state index < -0.39 is 23.2 Å². The second kappa shape index (κ2) is 6.41. The van der Waals surface area contributed by atoms with Gasteiger partial charge in [0.15, 0.2) is 0 Å². The maximum atomic E-state index is 12.5. The van der Waals surface area contributed by atoms with E-state index >= 15 is 0 Å². The molecule has 0 spiro atoms. The Bertz CT molecular complexity index is 772. The van der Waals surface area contributed by atoms with E-state index in [4.69, 9.17) is 11.6 Å². The monoisotopic (exact) mass is 345 g/mol. The topological polar surface area (TPSA) is 55.2 Å². The minimum atomic E-state index is -4.45. The first kappa shape index (κ1) is 17.0. The molecule has 0 radical (unpaired) electrons. The number of carbonyl (C=O) groups excluding carboxylic acids is 1. The minimum Gasteiger partial charge on any atom is -0.314 e. The van der Waals surface area contributed by atoms with Crippen molar-refractivity contribution in [3.8, 4) is 0 Å². The van der Waals surface area contributed by atoms with Gasteiger partial charge in [-0.2, -0.15) is 18.3 Å². The Balaban J connectivity index is 2.16. The molecule has 0 atom stereocenters. The number of likely N-dealkylation sites (N-methyl/N-ethyl adjacent to an activating group) is 1. The number of carbonyl (C=O) groups is 1. The van der Waals surface area contributed by atoms with E-state index in [9.17, 15) is 22.8 Å². The van der Waals surface area contributed by atoms with Crippen molar-refractivity contribution in [2.45, 2.75) is 12.7 Å². The van der Waals surface area contributed by atoms with Gasteiger partial charge >= 0.3 is 6.18 Å². The van der Waals surface area contributed by atoms with Crippen LogP contribution in [0.3, 0.4) is 0 Å². The van der Waals surface area contributed by atoms with Gasteiger partial charge in [-0.15, -0.1) is 0 Å². The average molecular weight is 346 g/mol. The molecule has 0 saturated carbocycles. The lowest BCUT2D eigenvalue weighted by atomic mass is 10.2. The van der Waals surface area contributed by atoms with Crippen LogP contribution in [0.25, 0.3) is 0 Å². The molecule has 0 unspecified atom stereocenters. The van der Waals surface area contributed by atoms with E-state index in [2.05, 4.69) is 5.10 Å². The average Bonchev–Trinajstić information content (AvgIpc) is 2.49. The smallest absolute Gasteiger partial charge is 0.314 e. The Morgan fingerprint density at radius 2 is 1.83 bits per heavy atom. The molecule has 9 heteroatoms. The van der Waals surface area contributed by atoms with Crippen LogP contribution >= 0.6 is 11.6 Å². The van der Waals surface area contributed by atoms with E-state index in [1.807, 2.05) is 0 Å². The number of hydrogen-bond acceptors (Lipinski definition) is 3. The summed E-state index contributed by atoms with van der Waals surface area (Å²) in [5.41, 5.74) is -1.06. The maximum Gasteiger partial charge on any atom is 0.416 e. The van der Waals surface area contributed by atoms with Crippen LogP contribution in [0.15, 0.2) is 41.2 Å².